The Bertz CT molecular complexity index is 436. The highest BCUT2D eigenvalue weighted by Gasteiger charge is 1.98. The van der Waals surface area contributed by atoms with Crippen LogP contribution in [0.5, 0.6) is 0 Å². The summed E-state index contributed by atoms with van der Waals surface area (Å²) in [5.74, 6) is -0.217. The molecule has 15 heavy (non-hydrogen) atoms. The van der Waals surface area contributed by atoms with Crippen LogP contribution < -0.4 is 5.32 Å². The van der Waals surface area contributed by atoms with E-state index >= 15 is 0 Å². The Morgan fingerprint density at radius 1 is 1.33 bits per heavy atom. The molecule has 2 aromatic rings. The number of halogens is 1. The molecular formula is C11H11FN2S. The van der Waals surface area contributed by atoms with Gasteiger partial charge in [-0.05, 0) is 31.2 Å². The number of aryl methyl sites for hydroxylation is 1. The third-order valence-electron chi connectivity index (χ3n) is 1.95. The van der Waals surface area contributed by atoms with Crippen LogP contribution in [0.1, 0.15) is 10.7 Å². The minimum absolute atomic E-state index is 0.217. The third kappa shape index (κ3) is 2.76. The molecule has 0 aliphatic carbocycles. The standard InChI is InChI=1S/C11H11FN2S/c1-8-7-15-11(14-8)6-13-10-4-2-9(12)3-5-10/h2-5,7,13H,6H2,1H3. The van der Waals surface area contributed by atoms with Crippen molar-refractivity contribution in [3.05, 3.63) is 46.2 Å². The minimum Gasteiger partial charge on any atom is -0.379 e. The Labute approximate surface area is 91.8 Å². The molecule has 0 bridgehead atoms. The molecular weight excluding hydrogens is 211 g/mol. The number of hydrogen-bond donors (Lipinski definition) is 1. The third-order valence-corrected chi connectivity index (χ3v) is 2.92. The largest absolute Gasteiger partial charge is 0.379 e. The lowest BCUT2D eigenvalue weighted by molar-refractivity contribution is 0.628. The maximum atomic E-state index is 12.6. The second kappa shape index (κ2) is 4.40. The van der Waals surface area contributed by atoms with Crippen LogP contribution in [-0.2, 0) is 6.54 Å². The van der Waals surface area contributed by atoms with E-state index in [-0.39, 0.29) is 5.82 Å². The van der Waals surface area contributed by atoms with Crippen LogP contribution in [0.3, 0.4) is 0 Å². The highest BCUT2D eigenvalue weighted by molar-refractivity contribution is 7.09. The number of hydrogen-bond acceptors (Lipinski definition) is 3. The number of benzene rings is 1. The SMILES string of the molecule is Cc1csc(CNc2ccc(F)cc2)n1. The van der Waals surface area contributed by atoms with Gasteiger partial charge < -0.3 is 5.32 Å². The summed E-state index contributed by atoms with van der Waals surface area (Å²) in [6, 6.07) is 6.32. The predicted molar refractivity (Wildman–Crippen MR) is 60.6 cm³/mol. The number of anilines is 1. The molecule has 1 heterocycles. The molecule has 0 saturated carbocycles. The van der Waals surface area contributed by atoms with Crippen LogP contribution in [0.2, 0.25) is 0 Å². The van der Waals surface area contributed by atoms with E-state index in [1.165, 1.54) is 12.1 Å². The molecule has 0 fully saturated rings. The van der Waals surface area contributed by atoms with Gasteiger partial charge in [0.2, 0.25) is 0 Å². The van der Waals surface area contributed by atoms with Gasteiger partial charge in [-0.25, -0.2) is 9.37 Å². The van der Waals surface area contributed by atoms with E-state index in [2.05, 4.69) is 10.3 Å². The molecule has 4 heteroatoms. The van der Waals surface area contributed by atoms with E-state index in [9.17, 15) is 4.39 Å². The number of rotatable bonds is 3. The van der Waals surface area contributed by atoms with E-state index in [1.54, 1.807) is 23.5 Å². The summed E-state index contributed by atoms with van der Waals surface area (Å²) in [6.07, 6.45) is 0. The summed E-state index contributed by atoms with van der Waals surface area (Å²) < 4.78 is 12.6. The van der Waals surface area contributed by atoms with E-state index in [4.69, 9.17) is 0 Å². The highest BCUT2D eigenvalue weighted by atomic mass is 32.1. The lowest BCUT2D eigenvalue weighted by Crippen LogP contribution is -1.98. The lowest BCUT2D eigenvalue weighted by Gasteiger charge is -2.03. The van der Waals surface area contributed by atoms with Crippen molar-refractivity contribution < 1.29 is 4.39 Å². The van der Waals surface area contributed by atoms with Crippen LogP contribution in [0.25, 0.3) is 0 Å². The maximum Gasteiger partial charge on any atom is 0.123 e. The Morgan fingerprint density at radius 3 is 2.67 bits per heavy atom. The average molecular weight is 222 g/mol. The Kier molecular flexibility index (Phi) is 2.97. The molecule has 0 amide bonds. The van der Waals surface area contributed by atoms with Crippen molar-refractivity contribution in [1.82, 2.24) is 4.98 Å². The number of thiazole rings is 1. The molecule has 1 N–H and O–H groups in total. The first kappa shape index (κ1) is 10.1. The molecule has 2 rings (SSSR count). The molecule has 2 nitrogen and oxygen atoms in total. The Hall–Kier alpha value is -1.42. The highest BCUT2D eigenvalue weighted by Crippen LogP contribution is 2.13. The molecule has 78 valence electrons. The van der Waals surface area contributed by atoms with E-state index in [1.807, 2.05) is 12.3 Å². The van der Waals surface area contributed by atoms with Gasteiger partial charge in [0.1, 0.15) is 10.8 Å². The first-order valence-corrected chi connectivity index (χ1v) is 5.52. The van der Waals surface area contributed by atoms with Crippen molar-refractivity contribution >= 4 is 17.0 Å². The van der Waals surface area contributed by atoms with Gasteiger partial charge in [-0.3, -0.25) is 0 Å². The summed E-state index contributed by atoms with van der Waals surface area (Å²) in [5.41, 5.74) is 1.94. The van der Waals surface area contributed by atoms with Crippen molar-refractivity contribution in [1.29, 1.82) is 0 Å². The fraction of sp³-hybridized carbons (Fsp3) is 0.182. The van der Waals surface area contributed by atoms with Gasteiger partial charge in [0, 0.05) is 16.8 Å². The minimum atomic E-state index is -0.217. The first-order valence-electron chi connectivity index (χ1n) is 4.64. The van der Waals surface area contributed by atoms with Gasteiger partial charge in [0.25, 0.3) is 0 Å². The van der Waals surface area contributed by atoms with Gasteiger partial charge in [-0.2, -0.15) is 0 Å². The van der Waals surface area contributed by atoms with E-state index in [0.29, 0.717) is 6.54 Å². The van der Waals surface area contributed by atoms with Crippen molar-refractivity contribution in [2.75, 3.05) is 5.32 Å². The summed E-state index contributed by atoms with van der Waals surface area (Å²) in [5, 5.41) is 6.24. The molecule has 1 aromatic heterocycles. The molecule has 0 spiro atoms. The van der Waals surface area contributed by atoms with Crippen LogP contribution >= 0.6 is 11.3 Å². The molecule has 0 aliphatic heterocycles. The number of nitrogens with zero attached hydrogens (tertiary/aromatic N) is 1. The van der Waals surface area contributed by atoms with Gasteiger partial charge in [0.15, 0.2) is 0 Å². The quantitative estimate of drug-likeness (QED) is 0.862. The summed E-state index contributed by atoms with van der Waals surface area (Å²) >= 11 is 1.62. The molecule has 0 radical (unpaired) electrons. The summed E-state index contributed by atoms with van der Waals surface area (Å²) in [6.45, 7) is 2.65. The van der Waals surface area contributed by atoms with Gasteiger partial charge in [0.05, 0.1) is 6.54 Å². The van der Waals surface area contributed by atoms with Crippen LogP contribution in [0, 0.1) is 12.7 Å². The molecule has 0 saturated heterocycles. The second-order valence-electron chi connectivity index (χ2n) is 3.24. The molecule has 0 aliphatic rings. The Balaban J connectivity index is 1.96. The fourth-order valence-corrected chi connectivity index (χ4v) is 1.94. The van der Waals surface area contributed by atoms with E-state index in [0.717, 1.165) is 16.4 Å². The topological polar surface area (TPSA) is 24.9 Å². The zero-order chi connectivity index (χ0) is 10.7. The zero-order valence-corrected chi connectivity index (χ0v) is 9.14. The van der Waals surface area contributed by atoms with Gasteiger partial charge in [-0.15, -0.1) is 11.3 Å². The normalized spacial score (nSPS) is 10.3. The van der Waals surface area contributed by atoms with Crippen molar-refractivity contribution in [3.8, 4) is 0 Å². The summed E-state index contributed by atoms with van der Waals surface area (Å²) in [4.78, 5) is 4.33. The molecule has 0 atom stereocenters. The molecule has 1 aromatic carbocycles. The smallest absolute Gasteiger partial charge is 0.123 e. The lowest BCUT2D eigenvalue weighted by atomic mass is 10.3. The van der Waals surface area contributed by atoms with Crippen molar-refractivity contribution in [2.24, 2.45) is 0 Å². The first-order chi connectivity index (χ1) is 7.24. The van der Waals surface area contributed by atoms with E-state index < -0.39 is 0 Å². The van der Waals surface area contributed by atoms with Crippen LogP contribution in [0.15, 0.2) is 29.6 Å². The summed E-state index contributed by atoms with van der Waals surface area (Å²) in [7, 11) is 0. The Morgan fingerprint density at radius 2 is 2.07 bits per heavy atom. The van der Waals surface area contributed by atoms with Crippen molar-refractivity contribution in [2.45, 2.75) is 13.5 Å². The second-order valence-corrected chi connectivity index (χ2v) is 4.19. The molecule has 0 unspecified atom stereocenters. The van der Waals surface area contributed by atoms with Gasteiger partial charge >= 0.3 is 0 Å². The average Bonchev–Trinajstić information content (AvgIpc) is 2.64. The van der Waals surface area contributed by atoms with Gasteiger partial charge in [-0.1, -0.05) is 0 Å². The van der Waals surface area contributed by atoms with Crippen LogP contribution in [0.4, 0.5) is 10.1 Å². The number of nitrogens with one attached hydrogen (secondary N) is 1. The fourth-order valence-electron chi connectivity index (χ4n) is 1.23. The van der Waals surface area contributed by atoms with Crippen molar-refractivity contribution in [3.63, 3.8) is 0 Å². The predicted octanol–water partition coefficient (Wildman–Crippen LogP) is 3.20. The monoisotopic (exact) mass is 222 g/mol. The maximum absolute atomic E-state index is 12.6. The van der Waals surface area contributed by atoms with Crippen LogP contribution in [-0.4, -0.2) is 4.98 Å². The zero-order valence-electron chi connectivity index (χ0n) is 8.33. The number of aromatic nitrogens is 1.